The van der Waals surface area contributed by atoms with Crippen LogP contribution >= 0.6 is 0 Å². The molecule has 0 aliphatic rings. The van der Waals surface area contributed by atoms with Gasteiger partial charge in [-0.05, 0) is 31.3 Å². The summed E-state index contributed by atoms with van der Waals surface area (Å²) in [7, 11) is 0. The van der Waals surface area contributed by atoms with E-state index in [-0.39, 0.29) is 0 Å². The van der Waals surface area contributed by atoms with Gasteiger partial charge in [-0.1, -0.05) is 52.5 Å². The first-order valence-electron chi connectivity index (χ1n) is 6.10. The van der Waals surface area contributed by atoms with Crippen molar-refractivity contribution in [1.29, 1.82) is 0 Å². The molecule has 0 nitrogen and oxygen atoms in total. The van der Waals surface area contributed by atoms with Crippen LogP contribution in [0.25, 0.3) is 0 Å². The third-order valence-electron chi connectivity index (χ3n) is 3.12. The summed E-state index contributed by atoms with van der Waals surface area (Å²) in [6, 6.07) is 0. The van der Waals surface area contributed by atoms with Gasteiger partial charge in [0, 0.05) is 0 Å². The number of unbranched alkanes of at least 4 members (excludes halogenated alkanes) is 2. The zero-order valence-electron chi connectivity index (χ0n) is 10.2. The summed E-state index contributed by atoms with van der Waals surface area (Å²) < 4.78 is 0. The van der Waals surface area contributed by atoms with Crippen molar-refractivity contribution in [2.24, 2.45) is 5.92 Å². The lowest BCUT2D eigenvalue weighted by atomic mass is 9.95. The predicted octanol–water partition coefficient (Wildman–Crippen LogP) is 5.10. The quantitative estimate of drug-likeness (QED) is 0.372. The van der Waals surface area contributed by atoms with Crippen LogP contribution in [0.5, 0.6) is 0 Å². The molecule has 0 aliphatic heterocycles. The highest BCUT2D eigenvalue weighted by Gasteiger charge is 2.02. The van der Waals surface area contributed by atoms with Gasteiger partial charge in [0.05, 0.1) is 0 Å². The van der Waals surface area contributed by atoms with E-state index in [1.54, 1.807) is 0 Å². The van der Waals surface area contributed by atoms with E-state index >= 15 is 0 Å². The Morgan fingerprint density at radius 1 is 1.14 bits per heavy atom. The zero-order chi connectivity index (χ0) is 10.8. The molecule has 0 N–H and O–H groups in total. The molecule has 0 amide bonds. The average molecular weight is 194 g/mol. The second-order valence-corrected chi connectivity index (χ2v) is 4.24. The normalized spacial score (nSPS) is 10.3. The van der Waals surface area contributed by atoms with Gasteiger partial charge in [0.1, 0.15) is 0 Å². The highest BCUT2D eigenvalue weighted by atomic mass is 14.1. The average Bonchev–Trinajstić information content (AvgIpc) is 2.23. The number of allylic oxidation sites excluding steroid dienone is 1. The Balaban J connectivity index is 3.33. The Morgan fingerprint density at radius 3 is 2.29 bits per heavy atom. The van der Waals surface area contributed by atoms with Gasteiger partial charge >= 0.3 is 0 Å². The Morgan fingerprint density at radius 2 is 1.79 bits per heavy atom. The van der Waals surface area contributed by atoms with Gasteiger partial charge < -0.3 is 0 Å². The molecule has 0 heteroatoms. The van der Waals surface area contributed by atoms with Crippen LogP contribution in [0, 0.1) is 5.92 Å². The molecule has 0 aromatic carbocycles. The number of hydrogen-bond acceptors (Lipinski definition) is 0. The molecule has 0 atom stereocenters. The van der Waals surface area contributed by atoms with Crippen LogP contribution in [0.4, 0.5) is 0 Å². The van der Waals surface area contributed by atoms with Crippen LogP contribution < -0.4 is 0 Å². The van der Waals surface area contributed by atoms with E-state index in [4.69, 9.17) is 0 Å². The molecule has 0 saturated carbocycles. The Hall–Kier alpha value is -0.480. The molecule has 0 radical (unpaired) electrons. The zero-order valence-corrected chi connectivity index (χ0v) is 10.2. The predicted molar refractivity (Wildman–Crippen MR) is 65.5 cm³/mol. The number of hydrogen-bond donors (Lipinski definition) is 0. The van der Waals surface area contributed by atoms with Crippen molar-refractivity contribution in [2.45, 2.75) is 65.7 Å². The van der Waals surface area contributed by atoms with E-state index in [0.29, 0.717) is 0 Å². The van der Waals surface area contributed by atoms with Crippen LogP contribution in [-0.2, 0) is 0 Å². The summed E-state index contributed by atoms with van der Waals surface area (Å²) in [5.41, 5.74) is 4.27. The van der Waals surface area contributed by atoms with E-state index in [9.17, 15) is 0 Å². The smallest absolute Gasteiger partial charge is 0.0247 e. The molecule has 0 unspecified atom stereocenters. The molecule has 0 rings (SSSR count). The standard InChI is InChI=1S/C14H26/c1-5-13(4)11-9-8-10-12-14(6-2)7-3/h14H,1,6-12H2,2-4H3. The Bertz CT molecular complexity index is 168. The lowest BCUT2D eigenvalue weighted by Gasteiger charge is -2.11. The monoisotopic (exact) mass is 194 g/mol. The highest BCUT2D eigenvalue weighted by molar-refractivity contribution is 4.93. The van der Waals surface area contributed by atoms with Crippen LogP contribution in [0.15, 0.2) is 17.9 Å². The van der Waals surface area contributed by atoms with Gasteiger partial charge in [0.25, 0.3) is 0 Å². The molecular formula is C14H26. The molecule has 0 fully saturated rings. The fourth-order valence-corrected chi connectivity index (χ4v) is 1.79. The van der Waals surface area contributed by atoms with Gasteiger partial charge in [0.2, 0.25) is 0 Å². The SMILES string of the molecule is C=C=C(C)CCCCCC(CC)CC. The lowest BCUT2D eigenvalue weighted by molar-refractivity contribution is 0.430. The second-order valence-electron chi connectivity index (χ2n) is 4.24. The lowest BCUT2D eigenvalue weighted by Crippen LogP contribution is -1.96. The fraction of sp³-hybridized carbons (Fsp3) is 0.786. The van der Waals surface area contributed by atoms with Gasteiger partial charge in [-0.3, -0.25) is 0 Å². The van der Waals surface area contributed by atoms with Gasteiger partial charge in [-0.25, -0.2) is 0 Å². The van der Waals surface area contributed by atoms with Gasteiger partial charge in [-0.15, -0.1) is 5.73 Å². The van der Waals surface area contributed by atoms with Crippen molar-refractivity contribution in [3.63, 3.8) is 0 Å². The first-order valence-corrected chi connectivity index (χ1v) is 6.10. The van der Waals surface area contributed by atoms with Crippen molar-refractivity contribution >= 4 is 0 Å². The minimum atomic E-state index is 0.964. The Kier molecular flexibility index (Phi) is 8.78. The van der Waals surface area contributed by atoms with Crippen LogP contribution in [0.1, 0.15) is 65.7 Å². The van der Waals surface area contributed by atoms with Crippen LogP contribution in [-0.4, -0.2) is 0 Å². The first kappa shape index (κ1) is 13.5. The molecule has 14 heavy (non-hydrogen) atoms. The summed E-state index contributed by atoms with van der Waals surface area (Å²) in [6.45, 7) is 10.4. The highest BCUT2D eigenvalue weighted by Crippen LogP contribution is 2.17. The van der Waals surface area contributed by atoms with E-state index in [0.717, 1.165) is 5.92 Å². The van der Waals surface area contributed by atoms with Crippen LogP contribution in [0.2, 0.25) is 0 Å². The van der Waals surface area contributed by atoms with Crippen molar-refractivity contribution in [1.82, 2.24) is 0 Å². The summed E-state index contributed by atoms with van der Waals surface area (Å²) in [6.07, 6.45) is 9.39. The second kappa shape index (κ2) is 9.09. The molecule has 0 bridgehead atoms. The molecule has 0 spiro atoms. The van der Waals surface area contributed by atoms with Crippen molar-refractivity contribution in [3.05, 3.63) is 17.9 Å². The summed E-state index contributed by atoms with van der Waals surface area (Å²) in [5, 5.41) is 0. The first-order chi connectivity index (χ1) is 6.74. The third-order valence-corrected chi connectivity index (χ3v) is 3.12. The minimum Gasteiger partial charge on any atom is -0.130 e. The maximum Gasteiger partial charge on any atom is -0.0247 e. The van der Waals surface area contributed by atoms with Gasteiger partial charge in [0.15, 0.2) is 0 Å². The topological polar surface area (TPSA) is 0 Å². The van der Waals surface area contributed by atoms with Gasteiger partial charge in [-0.2, -0.15) is 0 Å². The maximum absolute atomic E-state index is 3.65. The van der Waals surface area contributed by atoms with E-state index < -0.39 is 0 Å². The van der Waals surface area contributed by atoms with E-state index in [1.165, 1.54) is 50.5 Å². The Labute approximate surface area is 90.1 Å². The molecule has 0 aliphatic carbocycles. The minimum absolute atomic E-state index is 0.964. The van der Waals surface area contributed by atoms with Crippen molar-refractivity contribution < 1.29 is 0 Å². The number of rotatable bonds is 8. The molecule has 0 aromatic heterocycles. The molecule has 0 aromatic rings. The fourth-order valence-electron chi connectivity index (χ4n) is 1.79. The summed E-state index contributed by atoms with van der Waals surface area (Å²) in [4.78, 5) is 0. The molecular weight excluding hydrogens is 168 g/mol. The summed E-state index contributed by atoms with van der Waals surface area (Å²) in [5.74, 6) is 0.964. The third kappa shape index (κ3) is 6.97. The maximum atomic E-state index is 3.65. The largest absolute Gasteiger partial charge is 0.130 e. The van der Waals surface area contributed by atoms with E-state index in [1.807, 2.05) is 0 Å². The molecule has 0 heterocycles. The van der Waals surface area contributed by atoms with Crippen molar-refractivity contribution in [2.75, 3.05) is 0 Å². The van der Waals surface area contributed by atoms with Crippen molar-refractivity contribution in [3.8, 4) is 0 Å². The summed E-state index contributed by atoms with van der Waals surface area (Å²) >= 11 is 0. The molecule has 82 valence electrons. The van der Waals surface area contributed by atoms with E-state index in [2.05, 4.69) is 33.1 Å². The molecule has 0 saturated heterocycles. The van der Waals surface area contributed by atoms with Crippen LogP contribution in [0.3, 0.4) is 0 Å².